The predicted octanol–water partition coefficient (Wildman–Crippen LogP) is 5.51. The highest BCUT2D eigenvalue weighted by Gasteiger charge is 2.18. The van der Waals surface area contributed by atoms with Crippen molar-refractivity contribution in [2.24, 2.45) is 0 Å². The van der Waals surface area contributed by atoms with Gasteiger partial charge in [0, 0.05) is 15.6 Å². The number of rotatable bonds is 5. The van der Waals surface area contributed by atoms with E-state index in [1.165, 1.54) is 25.6 Å². The number of ether oxygens (including phenoxy) is 2. The number of aryl methyl sites for hydroxylation is 1. The Morgan fingerprint density at radius 3 is 2.42 bits per heavy atom. The molecule has 0 saturated carbocycles. The molecule has 0 atom stereocenters. The first-order valence-corrected chi connectivity index (χ1v) is 10.5. The minimum Gasteiger partial charge on any atom is -0.493 e. The van der Waals surface area contributed by atoms with Gasteiger partial charge in [0.2, 0.25) is 0 Å². The van der Waals surface area contributed by atoms with E-state index in [9.17, 15) is 9.59 Å². The lowest BCUT2D eigenvalue weighted by atomic mass is 10.0. The number of carbonyl (C=O) groups is 1. The average Bonchev–Trinajstić information content (AvgIpc) is 2.78. The molecular weight excluding hydrogens is 410 g/mol. The number of hydrogen-bond acceptors (Lipinski definition) is 5. The molecule has 0 aliphatic rings. The lowest BCUT2D eigenvalue weighted by Crippen LogP contribution is -2.15. The molecule has 3 aromatic carbocycles. The second-order valence-electron chi connectivity index (χ2n) is 7.02. The van der Waals surface area contributed by atoms with Gasteiger partial charge in [-0.25, -0.2) is 0 Å². The molecule has 1 aromatic heterocycles. The smallest absolute Gasteiger partial charge is 0.256 e. The SMILES string of the molecule is COc1ccc(C(=O)Nc2sc3ccccc3c(=O)c2-c2cccc(C)c2)cc1OC. The third kappa shape index (κ3) is 4.02. The Morgan fingerprint density at radius 2 is 1.68 bits per heavy atom. The highest BCUT2D eigenvalue weighted by atomic mass is 32.1. The van der Waals surface area contributed by atoms with Crippen molar-refractivity contribution in [1.29, 1.82) is 0 Å². The number of benzene rings is 3. The molecule has 6 heteroatoms. The molecule has 0 saturated heterocycles. The zero-order chi connectivity index (χ0) is 22.0. The minimum atomic E-state index is -0.333. The topological polar surface area (TPSA) is 64.6 Å². The van der Waals surface area contributed by atoms with Gasteiger partial charge in [-0.3, -0.25) is 9.59 Å². The predicted molar refractivity (Wildman–Crippen MR) is 126 cm³/mol. The fourth-order valence-electron chi connectivity index (χ4n) is 3.45. The fourth-order valence-corrected chi connectivity index (χ4v) is 4.54. The third-order valence-electron chi connectivity index (χ3n) is 4.98. The van der Waals surface area contributed by atoms with Gasteiger partial charge in [-0.05, 0) is 42.8 Å². The number of carbonyl (C=O) groups excluding carboxylic acids is 1. The van der Waals surface area contributed by atoms with Crippen molar-refractivity contribution in [3.05, 3.63) is 88.1 Å². The molecule has 0 aliphatic carbocycles. The molecule has 0 spiro atoms. The molecule has 4 rings (SSSR count). The molecule has 156 valence electrons. The number of hydrogen-bond donors (Lipinski definition) is 1. The van der Waals surface area contributed by atoms with Gasteiger partial charge >= 0.3 is 0 Å². The van der Waals surface area contributed by atoms with E-state index in [4.69, 9.17) is 9.47 Å². The van der Waals surface area contributed by atoms with Gasteiger partial charge < -0.3 is 14.8 Å². The van der Waals surface area contributed by atoms with E-state index in [0.717, 1.165) is 15.8 Å². The highest BCUT2D eigenvalue weighted by Crippen LogP contribution is 2.34. The van der Waals surface area contributed by atoms with Crippen LogP contribution in [0, 0.1) is 6.92 Å². The second-order valence-corrected chi connectivity index (χ2v) is 8.08. The highest BCUT2D eigenvalue weighted by molar-refractivity contribution is 7.22. The van der Waals surface area contributed by atoms with Crippen molar-refractivity contribution in [1.82, 2.24) is 0 Å². The van der Waals surface area contributed by atoms with Crippen LogP contribution in [0.1, 0.15) is 15.9 Å². The van der Waals surface area contributed by atoms with Gasteiger partial charge in [-0.15, -0.1) is 11.3 Å². The summed E-state index contributed by atoms with van der Waals surface area (Å²) < 4.78 is 11.4. The quantitative estimate of drug-likeness (QED) is 0.453. The lowest BCUT2D eigenvalue weighted by Gasteiger charge is -2.13. The van der Waals surface area contributed by atoms with Crippen molar-refractivity contribution in [2.45, 2.75) is 6.92 Å². The summed E-state index contributed by atoms with van der Waals surface area (Å²) in [5, 5.41) is 4.09. The summed E-state index contributed by atoms with van der Waals surface area (Å²) in [6.07, 6.45) is 0. The zero-order valence-electron chi connectivity index (χ0n) is 17.4. The Hall–Kier alpha value is -3.64. The van der Waals surface area contributed by atoms with E-state index in [0.29, 0.717) is 33.0 Å². The van der Waals surface area contributed by atoms with Crippen LogP contribution in [0.15, 0.2) is 71.5 Å². The Labute approximate surface area is 183 Å². The summed E-state index contributed by atoms with van der Waals surface area (Å²) in [7, 11) is 3.06. The first-order valence-electron chi connectivity index (χ1n) is 9.68. The van der Waals surface area contributed by atoms with E-state index >= 15 is 0 Å². The largest absolute Gasteiger partial charge is 0.493 e. The molecule has 0 bridgehead atoms. The number of amides is 1. The van der Waals surface area contributed by atoms with Crippen LogP contribution in [-0.4, -0.2) is 20.1 Å². The Balaban J connectivity index is 1.84. The van der Waals surface area contributed by atoms with Crippen LogP contribution in [0.5, 0.6) is 11.5 Å². The summed E-state index contributed by atoms with van der Waals surface area (Å²) in [4.78, 5) is 26.5. The molecule has 0 unspecified atom stereocenters. The van der Waals surface area contributed by atoms with Crippen LogP contribution < -0.4 is 20.2 Å². The van der Waals surface area contributed by atoms with Crippen molar-refractivity contribution in [3.63, 3.8) is 0 Å². The van der Waals surface area contributed by atoms with Gasteiger partial charge in [-0.1, -0.05) is 42.0 Å². The molecule has 0 radical (unpaired) electrons. The number of nitrogens with one attached hydrogen (secondary N) is 1. The van der Waals surface area contributed by atoms with E-state index in [-0.39, 0.29) is 11.3 Å². The third-order valence-corrected chi connectivity index (χ3v) is 6.06. The van der Waals surface area contributed by atoms with Crippen molar-refractivity contribution in [3.8, 4) is 22.6 Å². The summed E-state index contributed by atoms with van der Waals surface area (Å²) in [6.45, 7) is 1.97. The van der Waals surface area contributed by atoms with Crippen molar-refractivity contribution < 1.29 is 14.3 Å². The molecule has 1 heterocycles. The summed E-state index contributed by atoms with van der Waals surface area (Å²) in [5.41, 5.74) is 2.59. The van der Waals surface area contributed by atoms with Crippen LogP contribution in [-0.2, 0) is 0 Å². The fraction of sp³-hybridized carbons (Fsp3) is 0.120. The standard InChI is InChI=1S/C25H21NO4S/c1-15-7-6-8-16(13-15)22-23(27)18-9-4-5-10-21(18)31-25(22)26-24(28)17-11-12-19(29-2)20(14-17)30-3/h4-14H,1-3H3,(H,26,28). The van der Waals surface area contributed by atoms with Gasteiger partial charge in [0.05, 0.1) is 19.8 Å². The molecule has 1 amide bonds. The molecule has 1 N–H and O–H groups in total. The molecule has 31 heavy (non-hydrogen) atoms. The van der Waals surface area contributed by atoms with Gasteiger partial charge in [0.25, 0.3) is 5.91 Å². The Bertz CT molecular complexity index is 1340. The minimum absolute atomic E-state index is 0.109. The first kappa shape index (κ1) is 20.6. The summed E-state index contributed by atoms with van der Waals surface area (Å²) >= 11 is 1.38. The van der Waals surface area contributed by atoms with Crippen molar-refractivity contribution >= 4 is 32.3 Å². The van der Waals surface area contributed by atoms with Crippen LogP contribution in [0.4, 0.5) is 5.00 Å². The van der Waals surface area contributed by atoms with Gasteiger partial charge in [0.1, 0.15) is 5.00 Å². The zero-order valence-corrected chi connectivity index (χ0v) is 18.2. The monoisotopic (exact) mass is 431 g/mol. The molecule has 0 aliphatic heterocycles. The van der Waals surface area contributed by atoms with Gasteiger partial charge in [0.15, 0.2) is 16.9 Å². The van der Waals surface area contributed by atoms with Crippen LogP contribution in [0.2, 0.25) is 0 Å². The van der Waals surface area contributed by atoms with Crippen molar-refractivity contribution in [2.75, 3.05) is 19.5 Å². The average molecular weight is 432 g/mol. The van der Waals surface area contributed by atoms with Crippen LogP contribution in [0.25, 0.3) is 21.2 Å². The maximum atomic E-state index is 13.4. The summed E-state index contributed by atoms with van der Waals surface area (Å²) in [5.74, 6) is 0.663. The number of fused-ring (bicyclic) bond motifs is 1. The first-order chi connectivity index (χ1) is 15.0. The molecule has 4 aromatic rings. The maximum Gasteiger partial charge on any atom is 0.256 e. The van der Waals surface area contributed by atoms with E-state index in [1.807, 2.05) is 55.5 Å². The number of methoxy groups -OCH3 is 2. The van der Waals surface area contributed by atoms with E-state index in [1.54, 1.807) is 18.2 Å². The van der Waals surface area contributed by atoms with Gasteiger partial charge in [-0.2, -0.15) is 0 Å². The molecule has 5 nitrogen and oxygen atoms in total. The van der Waals surface area contributed by atoms with E-state index < -0.39 is 0 Å². The van der Waals surface area contributed by atoms with Crippen LogP contribution >= 0.6 is 11.3 Å². The van der Waals surface area contributed by atoms with E-state index in [2.05, 4.69) is 5.32 Å². The van der Waals surface area contributed by atoms with Crippen LogP contribution in [0.3, 0.4) is 0 Å². The Kier molecular flexibility index (Phi) is 5.73. The Morgan fingerprint density at radius 1 is 0.903 bits per heavy atom. The lowest BCUT2D eigenvalue weighted by molar-refractivity contribution is 0.102. The maximum absolute atomic E-state index is 13.4. The normalized spacial score (nSPS) is 10.7. The second kappa shape index (κ2) is 8.62. The molecule has 0 fully saturated rings. The molecular formula is C25H21NO4S. The number of anilines is 1. The summed E-state index contributed by atoms with van der Waals surface area (Å²) in [6, 6.07) is 20.1.